The second kappa shape index (κ2) is 5.46. The van der Waals surface area contributed by atoms with Crippen molar-refractivity contribution in [2.24, 2.45) is 5.73 Å². The van der Waals surface area contributed by atoms with Gasteiger partial charge >= 0.3 is 0 Å². The monoisotopic (exact) mass is 207 g/mol. The van der Waals surface area contributed by atoms with E-state index in [1.54, 1.807) is 23.0 Å². The van der Waals surface area contributed by atoms with Crippen molar-refractivity contribution in [1.82, 2.24) is 9.78 Å². The van der Waals surface area contributed by atoms with Gasteiger partial charge in [-0.3, -0.25) is 9.48 Å². The van der Waals surface area contributed by atoms with Gasteiger partial charge < -0.3 is 5.73 Å². The first-order chi connectivity index (χ1) is 7.20. The van der Waals surface area contributed by atoms with Gasteiger partial charge in [0.25, 0.3) is 0 Å². The van der Waals surface area contributed by atoms with Gasteiger partial charge in [-0.05, 0) is 18.9 Å². The Kier molecular flexibility index (Phi) is 4.24. The first-order valence-corrected chi connectivity index (χ1v) is 5.13. The number of ketones is 1. The molecule has 0 aliphatic heterocycles. The minimum atomic E-state index is -0.505. The Morgan fingerprint density at radius 2 is 2.53 bits per heavy atom. The van der Waals surface area contributed by atoms with E-state index in [4.69, 9.17) is 5.73 Å². The van der Waals surface area contributed by atoms with E-state index in [9.17, 15) is 4.79 Å². The lowest BCUT2D eigenvalue weighted by molar-refractivity contribution is 0.0951. The number of aromatic nitrogens is 2. The first-order valence-electron chi connectivity index (χ1n) is 5.13. The molecule has 1 aromatic heterocycles. The first kappa shape index (κ1) is 11.7. The largest absolute Gasteiger partial charge is 0.321 e. The lowest BCUT2D eigenvalue weighted by atomic mass is 10.1. The summed E-state index contributed by atoms with van der Waals surface area (Å²) < 4.78 is 1.70. The highest BCUT2D eigenvalue weighted by atomic mass is 16.1. The Hall–Kier alpha value is -1.42. The fraction of sp³-hybridized carbons (Fsp3) is 0.455. The zero-order chi connectivity index (χ0) is 11.3. The fourth-order valence-electron chi connectivity index (χ4n) is 1.41. The van der Waals surface area contributed by atoms with Gasteiger partial charge in [0, 0.05) is 12.7 Å². The summed E-state index contributed by atoms with van der Waals surface area (Å²) in [5, 5.41) is 4.08. The van der Waals surface area contributed by atoms with Crippen LogP contribution in [0.25, 0.3) is 0 Å². The Bertz CT molecular complexity index is 343. The predicted molar refractivity (Wildman–Crippen MR) is 59.6 cm³/mol. The molecule has 4 nitrogen and oxygen atoms in total. The molecule has 82 valence electrons. The average Bonchev–Trinajstić information content (AvgIpc) is 2.66. The van der Waals surface area contributed by atoms with Crippen LogP contribution in [-0.2, 0) is 6.54 Å². The van der Waals surface area contributed by atoms with E-state index in [0.29, 0.717) is 12.1 Å². The number of Topliss-reactive ketones (excluding diaryl/α,β-unsaturated/α-hetero) is 1. The van der Waals surface area contributed by atoms with Crippen LogP contribution in [0.3, 0.4) is 0 Å². The van der Waals surface area contributed by atoms with Gasteiger partial charge in [0.1, 0.15) is 5.69 Å². The third kappa shape index (κ3) is 2.76. The molecule has 0 saturated heterocycles. The summed E-state index contributed by atoms with van der Waals surface area (Å²) >= 11 is 0. The maximum atomic E-state index is 11.9. The summed E-state index contributed by atoms with van der Waals surface area (Å²) in [5.41, 5.74) is 6.31. The maximum absolute atomic E-state index is 11.9. The lowest BCUT2D eigenvalue weighted by Gasteiger charge is -2.09. The van der Waals surface area contributed by atoms with Crippen LogP contribution in [0.4, 0.5) is 0 Å². The molecule has 2 N–H and O–H groups in total. The van der Waals surface area contributed by atoms with Crippen LogP contribution in [0.15, 0.2) is 24.9 Å². The van der Waals surface area contributed by atoms with Gasteiger partial charge in [0.05, 0.1) is 6.04 Å². The molecule has 0 amide bonds. The third-order valence-electron chi connectivity index (χ3n) is 2.16. The molecule has 0 radical (unpaired) electrons. The Morgan fingerprint density at radius 1 is 1.80 bits per heavy atom. The van der Waals surface area contributed by atoms with Crippen molar-refractivity contribution in [3.8, 4) is 0 Å². The highest BCUT2D eigenvalue weighted by Gasteiger charge is 2.17. The molecule has 0 aliphatic rings. The summed E-state index contributed by atoms with van der Waals surface area (Å²) in [4.78, 5) is 11.9. The molecule has 0 fully saturated rings. The van der Waals surface area contributed by atoms with Gasteiger partial charge in [-0.2, -0.15) is 5.10 Å². The normalized spacial score (nSPS) is 12.4. The standard InChI is InChI=1S/C11H17N3O/c1-3-5-9(12)11(15)10-6-7-13-14(10)8-4-2/h3,6-7,9H,1,4-5,8,12H2,2H3. The minimum absolute atomic E-state index is 0.0687. The smallest absolute Gasteiger partial charge is 0.197 e. The number of hydrogen-bond acceptors (Lipinski definition) is 3. The van der Waals surface area contributed by atoms with Crippen LogP contribution in [0.5, 0.6) is 0 Å². The van der Waals surface area contributed by atoms with E-state index >= 15 is 0 Å². The number of nitrogens with zero attached hydrogens (tertiary/aromatic N) is 2. The van der Waals surface area contributed by atoms with Crippen LogP contribution in [-0.4, -0.2) is 21.6 Å². The molecule has 0 aliphatic carbocycles. The van der Waals surface area contributed by atoms with Crippen molar-refractivity contribution < 1.29 is 4.79 Å². The van der Waals surface area contributed by atoms with Gasteiger partial charge in [0.15, 0.2) is 5.78 Å². The average molecular weight is 207 g/mol. The maximum Gasteiger partial charge on any atom is 0.197 e. The molecule has 4 heteroatoms. The summed E-state index contributed by atoms with van der Waals surface area (Å²) in [5.74, 6) is -0.0687. The predicted octanol–water partition coefficient (Wildman–Crippen LogP) is 1.38. The Morgan fingerprint density at radius 3 is 3.13 bits per heavy atom. The number of carbonyl (C=O) groups excluding carboxylic acids is 1. The molecule has 1 aromatic rings. The number of hydrogen-bond donors (Lipinski definition) is 1. The van der Waals surface area contributed by atoms with Crippen molar-refractivity contribution in [3.05, 3.63) is 30.6 Å². The van der Waals surface area contributed by atoms with Crippen molar-refractivity contribution in [1.29, 1.82) is 0 Å². The molecular weight excluding hydrogens is 190 g/mol. The van der Waals surface area contributed by atoms with Crippen LogP contribution < -0.4 is 5.73 Å². The molecule has 0 bridgehead atoms. The molecular formula is C11H17N3O. The minimum Gasteiger partial charge on any atom is -0.321 e. The van der Waals surface area contributed by atoms with E-state index in [1.165, 1.54) is 0 Å². The fourth-order valence-corrected chi connectivity index (χ4v) is 1.41. The summed E-state index contributed by atoms with van der Waals surface area (Å²) in [6.45, 7) is 6.35. The van der Waals surface area contributed by atoms with Gasteiger partial charge in [-0.15, -0.1) is 6.58 Å². The van der Waals surface area contributed by atoms with E-state index in [0.717, 1.165) is 13.0 Å². The van der Waals surface area contributed by atoms with E-state index in [1.807, 2.05) is 6.92 Å². The zero-order valence-corrected chi connectivity index (χ0v) is 9.02. The lowest BCUT2D eigenvalue weighted by Crippen LogP contribution is -2.31. The molecule has 1 rings (SSSR count). The van der Waals surface area contributed by atoms with Crippen LogP contribution in [0.2, 0.25) is 0 Å². The molecule has 1 atom stereocenters. The summed E-state index contributed by atoms with van der Waals surface area (Å²) in [6.07, 6.45) is 4.72. The van der Waals surface area contributed by atoms with Gasteiger partial charge in [0.2, 0.25) is 0 Å². The van der Waals surface area contributed by atoms with Crippen molar-refractivity contribution in [2.45, 2.75) is 32.4 Å². The second-order valence-electron chi connectivity index (χ2n) is 3.43. The second-order valence-corrected chi connectivity index (χ2v) is 3.43. The number of rotatable bonds is 6. The van der Waals surface area contributed by atoms with E-state index in [-0.39, 0.29) is 5.78 Å². The van der Waals surface area contributed by atoms with Crippen LogP contribution in [0, 0.1) is 0 Å². The number of nitrogens with two attached hydrogens (primary N) is 1. The highest BCUT2D eigenvalue weighted by Crippen LogP contribution is 2.05. The van der Waals surface area contributed by atoms with Crippen molar-refractivity contribution in [3.63, 3.8) is 0 Å². The van der Waals surface area contributed by atoms with Gasteiger partial charge in [-0.1, -0.05) is 13.0 Å². The van der Waals surface area contributed by atoms with Crippen LogP contribution >= 0.6 is 0 Å². The van der Waals surface area contributed by atoms with Crippen LogP contribution in [0.1, 0.15) is 30.3 Å². The van der Waals surface area contributed by atoms with Crippen molar-refractivity contribution in [2.75, 3.05) is 0 Å². The Labute approximate surface area is 89.8 Å². The van der Waals surface area contributed by atoms with E-state index < -0.39 is 6.04 Å². The number of aryl methyl sites for hydroxylation is 1. The quantitative estimate of drug-likeness (QED) is 0.566. The topological polar surface area (TPSA) is 60.9 Å². The zero-order valence-electron chi connectivity index (χ0n) is 9.02. The summed E-state index contributed by atoms with van der Waals surface area (Å²) in [7, 11) is 0. The molecule has 0 aromatic carbocycles. The number of carbonyl (C=O) groups is 1. The molecule has 15 heavy (non-hydrogen) atoms. The molecule has 0 saturated carbocycles. The molecule has 1 heterocycles. The third-order valence-corrected chi connectivity index (χ3v) is 2.16. The molecule has 0 spiro atoms. The van der Waals surface area contributed by atoms with Crippen molar-refractivity contribution >= 4 is 5.78 Å². The Balaban J connectivity index is 2.80. The summed E-state index contributed by atoms with van der Waals surface area (Å²) in [6, 6.07) is 1.20. The SMILES string of the molecule is C=CCC(N)C(=O)c1ccnn1CCC. The molecule has 1 unspecified atom stereocenters. The highest BCUT2D eigenvalue weighted by molar-refractivity contribution is 5.98. The van der Waals surface area contributed by atoms with E-state index in [2.05, 4.69) is 11.7 Å². The van der Waals surface area contributed by atoms with Gasteiger partial charge in [-0.25, -0.2) is 0 Å².